The zero-order valence-corrected chi connectivity index (χ0v) is 14.0. The van der Waals surface area contributed by atoms with Crippen LogP contribution in [0.15, 0.2) is 66.7 Å². The molecule has 0 radical (unpaired) electrons. The second kappa shape index (κ2) is 7.46. The number of benzene rings is 3. The Labute approximate surface area is 155 Å². The molecule has 0 unspecified atom stereocenters. The highest BCUT2D eigenvalue weighted by molar-refractivity contribution is 5.94. The molecule has 0 atom stereocenters. The second-order valence-electron chi connectivity index (χ2n) is 5.64. The average molecular weight is 358 g/mol. The quantitative estimate of drug-likeness (QED) is 0.524. The molecule has 2 aromatic carbocycles. The minimum absolute atomic E-state index is 0.0758. The van der Waals surface area contributed by atoms with Crippen LogP contribution < -0.4 is 4.74 Å². The van der Waals surface area contributed by atoms with E-state index in [-0.39, 0.29) is 22.6 Å². The first-order chi connectivity index (χ1) is 13.0. The number of aromatic carboxylic acids is 2. The third-order valence-corrected chi connectivity index (χ3v) is 3.83. The van der Waals surface area contributed by atoms with Gasteiger partial charge in [-0.15, -0.1) is 6.42 Å². The molecule has 4 rings (SSSR count). The lowest BCUT2D eigenvalue weighted by atomic mass is 10.1. The monoisotopic (exact) mass is 358 g/mol. The van der Waals surface area contributed by atoms with Gasteiger partial charge in [-0.1, -0.05) is 36.3 Å². The molecule has 5 nitrogen and oxygen atoms in total. The van der Waals surface area contributed by atoms with Gasteiger partial charge in [-0.25, -0.2) is 9.59 Å². The molecular formula is C22H14O5. The third-order valence-electron chi connectivity index (χ3n) is 3.83. The smallest absolute Gasteiger partial charge is 0.339 e. The van der Waals surface area contributed by atoms with Crippen molar-refractivity contribution in [3.63, 3.8) is 0 Å². The highest BCUT2D eigenvalue weighted by Gasteiger charge is 2.16. The standard InChI is InChI=1S/C16H10O5.C6H4/c1-2-10-5-3-4-6-13(10)21-14-9-11(15(17)18)7-8-12(14)16(19)20;1-2-5-4-6(5)3-1/h1,3-9H,(H,17,18)(H,19,20);1-4H. The first-order valence-electron chi connectivity index (χ1n) is 7.94. The topological polar surface area (TPSA) is 83.8 Å². The molecule has 2 aliphatic carbocycles. The number of ether oxygens (including phenoxy) is 1. The molecule has 5 heteroatoms. The molecule has 27 heavy (non-hydrogen) atoms. The Kier molecular flexibility index (Phi) is 4.91. The van der Waals surface area contributed by atoms with Crippen molar-refractivity contribution in [3.8, 4) is 35.0 Å². The summed E-state index contributed by atoms with van der Waals surface area (Å²) in [6.07, 6.45) is 5.34. The Morgan fingerprint density at radius 2 is 1.52 bits per heavy atom. The summed E-state index contributed by atoms with van der Waals surface area (Å²) in [6, 6.07) is 18.6. The van der Waals surface area contributed by atoms with Crippen molar-refractivity contribution in [1.82, 2.24) is 0 Å². The maximum atomic E-state index is 11.2. The highest BCUT2D eigenvalue weighted by atomic mass is 16.5. The van der Waals surface area contributed by atoms with E-state index in [9.17, 15) is 9.59 Å². The SMILES string of the molecule is C#Cc1ccccc1Oc1cc(C(=O)O)ccc1C(=O)O.c1cc2cc-2c1. The van der Waals surface area contributed by atoms with Gasteiger partial charge in [0.15, 0.2) is 0 Å². The number of hydrogen-bond acceptors (Lipinski definition) is 3. The van der Waals surface area contributed by atoms with Crippen LogP contribution in [0.5, 0.6) is 11.5 Å². The van der Waals surface area contributed by atoms with Crippen LogP contribution in [0.25, 0.3) is 11.1 Å². The lowest BCUT2D eigenvalue weighted by Crippen LogP contribution is -2.04. The molecule has 0 spiro atoms. The van der Waals surface area contributed by atoms with Gasteiger partial charge in [0.05, 0.1) is 11.1 Å². The van der Waals surface area contributed by atoms with Crippen LogP contribution in [0.3, 0.4) is 0 Å². The number of carboxylic acids is 2. The maximum Gasteiger partial charge on any atom is 0.339 e. The summed E-state index contributed by atoms with van der Waals surface area (Å²) in [6.45, 7) is 0. The molecule has 0 fully saturated rings. The fourth-order valence-electron chi connectivity index (χ4n) is 2.39. The van der Waals surface area contributed by atoms with Gasteiger partial charge in [-0.05, 0) is 47.5 Å². The molecule has 2 aromatic rings. The Hall–Kier alpha value is -4.04. The van der Waals surface area contributed by atoms with E-state index < -0.39 is 11.9 Å². The summed E-state index contributed by atoms with van der Waals surface area (Å²) in [7, 11) is 0. The summed E-state index contributed by atoms with van der Waals surface area (Å²) in [5.74, 6) is 0.216. The van der Waals surface area contributed by atoms with Gasteiger partial charge in [-0.2, -0.15) is 0 Å². The van der Waals surface area contributed by atoms with Crippen LogP contribution in [0.1, 0.15) is 26.3 Å². The molecule has 0 aliphatic heterocycles. The maximum absolute atomic E-state index is 11.2. The van der Waals surface area contributed by atoms with Gasteiger partial charge >= 0.3 is 11.9 Å². The number of carbonyl (C=O) groups is 2. The molecule has 0 saturated heterocycles. The molecule has 0 saturated carbocycles. The third kappa shape index (κ3) is 4.14. The summed E-state index contributed by atoms with van der Waals surface area (Å²) < 4.78 is 5.50. The number of terminal acetylenes is 1. The van der Waals surface area contributed by atoms with E-state index >= 15 is 0 Å². The number of hydrogen-bond donors (Lipinski definition) is 2. The molecule has 132 valence electrons. The number of rotatable bonds is 4. The van der Waals surface area contributed by atoms with Gasteiger partial charge in [0.1, 0.15) is 17.1 Å². The van der Waals surface area contributed by atoms with Crippen LogP contribution >= 0.6 is 0 Å². The summed E-state index contributed by atoms with van der Waals surface area (Å²) in [5, 5.41) is 18.1. The van der Waals surface area contributed by atoms with Crippen molar-refractivity contribution >= 4 is 11.9 Å². The van der Waals surface area contributed by atoms with Gasteiger partial charge in [0, 0.05) is 0 Å². The fraction of sp³-hybridized carbons (Fsp3) is 0. The molecule has 0 heterocycles. The van der Waals surface area contributed by atoms with Crippen LogP contribution in [-0.2, 0) is 0 Å². The number of carboxylic acid groups (broad SMARTS) is 2. The molecule has 2 aliphatic rings. The zero-order valence-electron chi connectivity index (χ0n) is 14.0. The summed E-state index contributed by atoms with van der Waals surface area (Å²) in [4.78, 5) is 22.2. The van der Waals surface area contributed by atoms with E-state index in [1.54, 1.807) is 24.3 Å². The largest absolute Gasteiger partial charge is 0.478 e. The van der Waals surface area contributed by atoms with Crippen LogP contribution in [0.2, 0.25) is 0 Å². The Bertz CT molecular complexity index is 1060. The van der Waals surface area contributed by atoms with E-state index in [1.807, 2.05) is 0 Å². The zero-order chi connectivity index (χ0) is 19.4. The first-order valence-corrected chi connectivity index (χ1v) is 7.94. The van der Waals surface area contributed by atoms with Crippen molar-refractivity contribution in [2.75, 3.05) is 0 Å². The molecule has 2 N–H and O–H groups in total. The number of fused-ring (bicyclic) bond motifs is 1. The van der Waals surface area contributed by atoms with Gasteiger partial charge in [0.2, 0.25) is 0 Å². The van der Waals surface area contributed by atoms with Crippen molar-refractivity contribution in [1.29, 1.82) is 0 Å². The minimum Gasteiger partial charge on any atom is -0.478 e. The van der Waals surface area contributed by atoms with Crippen molar-refractivity contribution < 1.29 is 24.5 Å². The van der Waals surface area contributed by atoms with E-state index in [0.29, 0.717) is 5.56 Å². The van der Waals surface area contributed by atoms with Gasteiger partial charge in [-0.3, -0.25) is 0 Å². The summed E-state index contributed by atoms with van der Waals surface area (Å²) >= 11 is 0. The van der Waals surface area contributed by atoms with Gasteiger partial charge < -0.3 is 14.9 Å². The van der Waals surface area contributed by atoms with E-state index in [0.717, 1.165) is 6.07 Å². The Morgan fingerprint density at radius 3 is 2.04 bits per heavy atom. The molecular weight excluding hydrogens is 344 g/mol. The lowest BCUT2D eigenvalue weighted by molar-refractivity contribution is 0.0678. The van der Waals surface area contributed by atoms with E-state index in [2.05, 4.69) is 30.2 Å². The Balaban J connectivity index is 0.000000290. The lowest BCUT2D eigenvalue weighted by Gasteiger charge is -2.11. The average Bonchev–Trinajstić information content (AvgIpc) is 3.27. The molecule has 0 aromatic heterocycles. The highest BCUT2D eigenvalue weighted by Crippen LogP contribution is 2.32. The fourth-order valence-corrected chi connectivity index (χ4v) is 2.39. The predicted molar refractivity (Wildman–Crippen MR) is 100 cm³/mol. The van der Waals surface area contributed by atoms with Crippen molar-refractivity contribution in [2.45, 2.75) is 0 Å². The molecule has 0 amide bonds. The van der Waals surface area contributed by atoms with Gasteiger partial charge in [0.25, 0.3) is 0 Å². The molecule has 0 bridgehead atoms. The normalized spacial score (nSPS) is 10.0. The van der Waals surface area contributed by atoms with Crippen molar-refractivity contribution in [3.05, 3.63) is 83.4 Å². The van der Waals surface area contributed by atoms with Crippen LogP contribution in [-0.4, -0.2) is 22.2 Å². The summed E-state index contributed by atoms with van der Waals surface area (Å²) in [5.41, 5.74) is 3.07. The van der Waals surface area contributed by atoms with E-state index in [4.69, 9.17) is 21.4 Å². The predicted octanol–water partition coefficient (Wildman–Crippen LogP) is 4.52. The van der Waals surface area contributed by atoms with Crippen molar-refractivity contribution in [2.24, 2.45) is 0 Å². The number of para-hydroxylation sites is 1. The Morgan fingerprint density at radius 1 is 0.815 bits per heavy atom. The van der Waals surface area contributed by atoms with E-state index in [1.165, 1.54) is 23.3 Å². The van der Waals surface area contributed by atoms with Crippen LogP contribution in [0.4, 0.5) is 0 Å². The van der Waals surface area contributed by atoms with Crippen LogP contribution in [0, 0.1) is 12.3 Å². The first kappa shape index (κ1) is 17.8. The minimum atomic E-state index is -1.22. The second-order valence-corrected chi connectivity index (χ2v) is 5.64.